The zero-order valence-corrected chi connectivity index (χ0v) is 11.2. The number of carbonyl (C=O) groups is 2. The van der Waals surface area contributed by atoms with Crippen molar-refractivity contribution in [3.63, 3.8) is 0 Å². The van der Waals surface area contributed by atoms with Gasteiger partial charge in [-0.2, -0.15) is 0 Å². The SMILES string of the molecule is CN(C(=O)c1ccc([N+](=O)[O-])cc1)C1CCC(=O)CC1. The molecule has 0 radical (unpaired) electrons. The molecule has 1 aromatic rings. The first-order chi connectivity index (χ1) is 9.49. The summed E-state index contributed by atoms with van der Waals surface area (Å²) in [7, 11) is 1.71. The molecule has 0 N–H and O–H groups in total. The molecule has 1 aliphatic carbocycles. The highest BCUT2D eigenvalue weighted by Gasteiger charge is 2.26. The Morgan fingerprint density at radius 1 is 1.25 bits per heavy atom. The third-order valence-electron chi connectivity index (χ3n) is 3.71. The Bertz CT molecular complexity index is 529. The molecular formula is C14H16N2O4. The van der Waals surface area contributed by atoms with Crippen molar-refractivity contribution in [2.45, 2.75) is 31.7 Å². The second kappa shape index (κ2) is 5.81. The van der Waals surface area contributed by atoms with Gasteiger partial charge in [-0.25, -0.2) is 0 Å². The van der Waals surface area contributed by atoms with Crippen molar-refractivity contribution in [2.75, 3.05) is 7.05 Å². The van der Waals surface area contributed by atoms with Crippen LogP contribution in [-0.2, 0) is 4.79 Å². The molecule has 1 saturated carbocycles. The number of hydrogen-bond acceptors (Lipinski definition) is 4. The predicted molar refractivity (Wildman–Crippen MR) is 72.5 cm³/mol. The third-order valence-corrected chi connectivity index (χ3v) is 3.71. The highest BCUT2D eigenvalue weighted by Crippen LogP contribution is 2.21. The summed E-state index contributed by atoms with van der Waals surface area (Å²) in [6, 6.07) is 5.64. The summed E-state index contributed by atoms with van der Waals surface area (Å²) >= 11 is 0. The lowest BCUT2D eigenvalue weighted by Gasteiger charge is -2.30. The molecule has 106 valence electrons. The van der Waals surface area contributed by atoms with E-state index < -0.39 is 4.92 Å². The van der Waals surface area contributed by atoms with Crippen LogP contribution in [-0.4, -0.2) is 34.6 Å². The van der Waals surface area contributed by atoms with Crippen LogP contribution in [0.5, 0.6) is 0 Å². The van der Waals surface area contributed by atoms with E-state index in [9.17, 15) is 19.7 Å². The fourth-order valence-electron chi connectivity index (χ4n) is 2.41. The van der Waals surface area contributed by atoms with Gasteiger partial charge < -0.3 is 4.90 Å². The van der Waals surface area contributed by atoms with Crippen LogP contribution in [0.4, 0.5) is 5.69 Å². The van der Waals surface area contributed by atoms with Gasteiger partial charge in [-0.15, -0.1) is 0 Å². The van der Waals surface area contributed by atoms with Gasteiger partial charge in [0.05, 0.1) is 4.92 Å². The minimum absolute atomic E-state index is 0.0348. The van der Waals surface area contributed by atoms with Crippen LogP contribution in [0.25, 0.3) is 0 Å². The third kappa shape index (κ3) is 3.01. The lowest BCUT2D eigenvalue weighted by molar-refractivity contribution is -0.384. The number of benzene rings is 1. The smallest absolute Gasteiger partial charge is 0.269 e. The molecule has 1 amide bonds. The second-order valence-electron chi connectivity index (χ2n) is 4.99. The average molecular weight is 276 g/mol. The van der Waals surface area contributed by atoms with Crippen LogP contribution in [0.2, 0.25) is 0 Å². The molecule has 0 atom stereocenters. The predicted octanol–water partition coefficient (Wildman–Crippen LogP) is 2.18. The number of nitro groups is 1. The summed E-state index contributed by atoms with van der Waals surface area (Å²) in [4.78, 5) is 35.2. The summed E-state index contributed by atoms with van der Waals surface area (Å²) in [5, 5.41) is 10.6. The van der Waals surface area contributed by atoms with Gasteiger partial charge >= 0.3 is 0 Å². The second-order valence-corrected chi connectivity index (χ2v) is 4.99. The summed E-state index contributed by atoms with van der Waals surface area (Å²) in [6.07, 6.45) is 2.41. The first-order valence-corrected chi connectivity index (χ1v) is 6.52. The van der Waals surface area contributed by atoms with Gasteiger partial charge in [0.15, 0.2) is 0 Å². The van der Waals surface area contributed by atoms with Crippen LogP contribution in [0, 0.1) is 10.1 Å². The van der Waals surface area contributed by atoms with Crippen molar-refractivity contribution in [1.82, 2.24) is 4.90 Å². The number of rotatable bonds is 3. The monoisotopic (exact) mass is 276 g/mol. The van der Waals surface area contributed by atoms with Crippen molar-refractivity contribution in [1.29, 1.82) is 0 Å². The topological polar surface area (TPSA) is 80.5 Å². The van der Waals surface area contributed by atoms with Gasteiger partial charge in [0.1, 0.15) is 5.78 Å². The Hall–Kier alpha value is -2.24. The largest absolute Gasteiger partial charge is 0.339 e. The summed E-state index contributed by atoms with van der Waals surface area (Å²) in [5.74, 6) is 0.0803. The van der Waals surface area contributed by atoms with Gasteiger partial charge in [0.2, 0.25) is 0 Å². The maximum Gasteiger partial charge on any atom is 0.269 e. The highest BCUT2D eigenvalue weighted by atomic mass is 16.6. The maximum absolute atomic E-state index is 12.3. The van der Waals surface area contributed by atoms with E-state index in [0.717, 1.165) is 0 Å². The van der Waals surface area contributed by atoms with E-state index in [2.05, 4.69) is 0 Å². The fourth-order valence-corrected chi connectivity index (χ4v) is 2.41. The van der Waals surface area contributed by atoms with Crippen molar-refractivity contribution in [2.24, 2.45) is 0 Å². The van der Waals surface area contributed by atoms with E-state index >= 15 is 0 Å². The molecule has 2 rings (SSSR count). The zero-order valence-electron chi connectivity index (χ0n) is 11.2. The Balaban J connectivity index is 2.06. The molecule has 1 aromatic carbocycles. The van der Waals surface area contributed by atoms with E-state index in [1.807, 2.05) is 0 Å². The zero-order chi connectivity index (χ0) is 14.7. The number of nitrogens with zero attached hydrogens (tertiary/aromatic N) is 2. The van der Waals surface area contributed by atoms with Gasteiger partial charge in [0, 0.05) is 43.6 Å². The van der Waals surface area contributed by atoms with Crippen molar-refractivity contribution in [3.05, 3.63) is 39.9 Å². The van der Waals surface area contributed by atoms with Gasteiger partial charge in [-0.1, -0.05) is 0 Å². The Kier molecular flexibility index (Phi) is 4.12. The number of carbonyl (C=O) groups excluding carboxylic acids is 2. The molecule has 0 aliphatic heterocycles. The van der Waals surface area contributed by atoms with Crippen LogP contribution in [0.15, 0.2) is 24.3 Å². The number of nitro benzene ring substituents is 1. The van der Waals surface area contributed by atoms with E-state index in [-0.39, 0.29) is 23.4 Å². The van der Waals surface area contributed by atoms with Crippen LogP contribution in [0.3, 0.4) is 0 Å². The van der Waals surface area contributed by atoms with Crippen LogP contribution in [0.1, 0.15) is 36.0 Å². The van der Waals surface area contributed by atoms with Gasteiger partial charge in [-0.3, -0.25) is 19.7 Å². The molecule has 20 heavy (non-hydrogen) atoms. The number of amides is 1. The molecular weight excluding hydrogens is 260 g/mol. The molecule has 0 aromatic heterocycles. The summed E-state index contributed by atoms with van der Waals surface area (Å²) in [5.41, 5.74) is 0.391. The van der Waals surface area contributed by atoms with E-state index in [4.69, 9.17) is 0 Å². The molecule has 0 spiro atoms. The Labute approximate surface area is 116 Å². The van der Waals surface area contributed by atoms with Crippen LogP contribution >= 0.6 is 0 Å². The fraction of sp³-hybridized carbons (Fsp3) is 0.429. The summed E-state index contributed by atoms with van der Waals surface area (Å²) in [6.45, 7) is 0. The minimum Gasteiger partial charge on any atom is -0.339 e. The number of Topliss-reactive ketones (excluding diaryl/α,β-unsaturated/α-hetero) is 1. The molecule has 1 aliphatic rings. The lowest BCUT2D eigenvalue weighted by atomic mass is 9.93. The minimum atomic E-state index is -0.495. The lowest BCUT2D eigenvalue weighted by Crippen LogP contribution is -2.39. The van der Waals surface area contributed by atoms with Crippen LogP contribution < -0.4 is 0 Å². The molecule has 0 bridgehead atoms. The van der Waals surface area contributed by atoms with Gasteiger partial charge in [-0.05, 0) is 25.0 Å². The molecule has 6 heteroatoms. The normalized spacial score (nSPS) is 15.9. The molecule has 6 nitrogen and oxygen atoms in total. The van der Waals surface area contributed by atoms with E-state index in [0.29, 0.717) is 31.2 Å². The molecule has 1 fully saturated rings. The number of non-ortho nitro benzene ring substituents is 1. The maximum atomic E-state index is 12.3. The quantitative estimate of drug-likeness (QED) is 0.626. The first kappa shape index (κ1) is 14.2. The molecule has 0 unspecified atom stereocenters. The number of hydrogen-bond donors (Lipinski definition) is 0. The Morgan fingerprint density at radius 2 is 1.80 bits per heavy atom. The first-order valence-electron chi connectivity index (χ1n) is 6.52. The average Bonchev–Trinajstić information content (AvgIpc) is 2.46. The van der Waals surface area contributed by atoms with Crippen molar-refractivity contribution >= 4 is 17.4 Å². The van der Waals surface area contributed by atoms with E-state index in [1.54, 1.807) is 11.9 Å². The number of ketones is 1. The molecule has 0 heterocycles. The summed E-state index contributed by atoms with van der Waals surface area (Å²) < 4.78 is 0. The highest BCUT2D eigenvalue weighted by molar-refractivity contribution is 5.94. The standard InChI is InChI=1S/C14H16N2O4/c1-15(11-6-8-13(17)9-7-11)14(18)10-2-4-12(5-3-10)16(19)20/h2-5,11H,6-9H2,1H3. The van der Waals surface area contributed by atoms with Crippen molar-refractivity contribution < 1.29 is 14.5 Å². The Morgan fingerprint density at radius 3 is 2.30 bits per heavy atom. The van der Waals surface area contributed by atoms with E-state index in [1.165, 1.54) is 24.3 Å². The van der Waals surface area contributed by atoms with Crippen molar-refractivity contribution in [3.8, 4) is 0 Å². The molecule has 0 saturated heterocycles. The van der Waals surface area contributed by atoms with Gasteiger partial charge in [0.25, 0.3) is 11.6 Å².